The van der Waals surface area contributed by atoms with Gasteiger partial charge < -0.3 is 0 Å². The Labute approximate surface area is 408 Å². The van der Waals surface area contributed by atoms with Crippen LogP contribution in [0.25, 0.3) is 99.6 Å². The summed E-state index contributed by atoms with van der Waals surface area (Å²) in [7, 11) is 0. The van der Waals surface area contributed by atoms with Crippen molar-refractivity contribution in [1.29, 1.82) is 0 Å². The van der Waals surface area contributed by atoms with E-state index in [0.29, 0.717) is 5.82 Å². The molecule has 1 aromatic heterocycles. The van der Waals surface area contributed by atoms with Crippen LogP contribution in [0.1, 0.15) is 47.2 Å². The summed E-state index contributed by atoms with van der Waals surface area (Å²) in [4.78, 5) is 10.8. The molecule has 14 rings (SSSR count). The van der Waals surface area contributed by atoms with Crippen LogP contribution in [0.5, 0.6) is 0 Å². The van der Waals surface area contributed by atoms with E-state index in [9.17, 15) is 0 Å². The molecule has 0 aliphatic heterocycles. The van der Waals surface area contributed by atoms with Crippen LogP contribution in [0.3, 0.4) is 0 Å². The number of benzene rings is 11. The highest BCUT2D eigenvalue weighted by Crippen LogP contribution is 2.63. The van der Waals surface area contributed by atoms with Crippen molar-refractivity contribution in [2.45, 2.75) is 24.7 Å². The molecule has 328 valence electrons. The van der Waals surface area contributed by atoms with Crippen LogP contribution in [-0.4, -0.2) is 9.97 Å². The summed E-state index contributed by atoms with van der Waals surface area (Å²) in [5.41, 5.74) is 19.2. The second kappa shape index (κ2) is 15.4. The number of fused-ring (bicyclic) bond motifs is 15. The Morgan fingerprint density at radius 1 is 0.271 bits per heavy atom. The Morgan fingerprint density at radius 2 is 0.729 bits per heavy atom. The highest BCUT2D eigenvalue weighted by molar-refractivity contribution is 6.25. The summed E-state index contributed by atoms with van der Waals surface area (Å²) < 4.78 is 0. The topological polar surface area (TPSA) is 25.8 Å². The number of hydrogen-bond acceptors (Lipinski definition) is 2. The molecular formula is C68H46N2. The molecule has 0 radical (unpaired) electrons. The van der Waals surface area contributed by atoms with E-state index in [-0.39, 0.29) is 5.41 Å². The van der Waals surface area contributed by atoms with Gasteiger partial charge in [-0.2, -0.15) is 0 Å². The van der Waals surface area contributed by atoms with E-state index in [1.54, 1.807) is 0 Å². The third-order valence-electron chi connectivity index (χ3n) is 15.6. The maximum atomic E-state index is 5.52. The van der Waals surface area contributed by atoms with Crippen LogP contribution >= 0.6 is 0 Å². The Bertz CT molecular complexity index is 3990. The molecule has 12 aromatic rings. The normalized spacial score (nSPS) is 13.8. The first kappa shape index (κ1) is 40.4. The van der Waals surface area contributed by atoms with E-state index in [1.807, 2.05) is 0 Å². The Morgan fingerprint density at radius 3 is 1.37 bits per heavy atom. The molecule has 0 unspecified atom stereocenters. The van der Waals surface area contributed by atoms with Crippen LogP contribution in [0, 0.1) is 0 Å². The molecule has 0 atom stereocenters. The van der Waals surface area contributed by atoms with Gasteiger partial charge in [0, 0.05) is 22.1 Å². The first-order chi connectivity index (χ1) is 34.5. The second-order valence-electron chi connectivity index (χ2n) is 19.6. The van der Waals surface area contributed by atoms with Crippen molar-refractivity contribution in [3.8, 4) is 67.3 Å². The Kier molecular flexibility index (Phi) is 8.88. The minimum atomic E-state index is -0.578. The van der Waals surface area contributed by atoms with Crippen molar-refractivity contribution < 1.29 is 0 Å². The molecule has 2 nitrogen and oxygen atoms in total. The molecule has 11 aromatic carbocycles. The summed E-state index contributed by atoms with van der Waals surface area (Å²) in [5.74, 6) is 0.700. The van der Waals surface area contributed by atoms with E-state index in [2.05, 4.69) is 257 Å². The lowest BCUT2D eigenvalue weighted by atomic mass is 9.55. The summed E-state index contributed by atoms with van der Waals surface area (Å²) >= 11 is 0. The van der Waals surface area contributed by atoms with Crippen LogP contribution in [0.4, 0.5) is 0 Å². The van der Waals surface area contributed by atoms with Crippen molar-refractivity contribution in [1.82, 2.24) is 9.97 Å². The van der Waals surface area contributed by atoms with Crippen molar-refractivity contribution >= 4 is 32.3 Å². The lowest BCUT2D eigenvalue weighted by Crippen LogP contribution is -2.40. The molecule has 0 saturated heterocycles. The molecule has 0 saturated carbocycles. The van der Waals surface area contributed by atoms with Crippen LogP contribution in [0.2, 0.25) is 0 Å². The second-order valence-corrected chi connectivity index (χ2v) is 19.6. The molecule has 1 spiro atoms. The van der Waals surface area contributed by atoms with Gasteiger partial charge in [-0.25, -0.2) is 9.97 Å². The highest BCUT2D eigenvalue weighted by Gasteiger charge is 2.53. The zero-order valence-corrected chi connectivity index (χ0v) is 39.0. The van der Waals surface area contributed by atoms with E-state index in [4.69, 9.17) is 9.97 Å². The van der Waals surface area contributed by atoms with Gasteiger partial charge in [0.1, 0.15) is 0 Å². The fourth-order valence-corrected chi connectivity index (χ4v) is 12.4. The van der Waals surface area contributed by atoms with Crippen molar-refractivity contribution in [3.63, 3.8) is 0 Å². The lowest BCUT2D eigenvalue weighted by molar-refractivity contribution is 0.563. The fourth-order valence-electron chi connectivity index (χ4n) is 12.4. The minimum absolute atomic E-state index is 0.209. The third kappa shape index (κ3) is 5.87. The summed E-state index contributed by atoms with van der Waals surface area (Å²) in [6, 6.07) is 89.3. The van der Waals surface area contributed by atoms with Gasteiger partial charge in [0.15, 0.2) is 5.82 Å². The zero-order valence-electron chi connectivity index (χ0n) is 39.0. The standard InChI is InChI=1S/C68H46N2/c1-67(2)58-27-13-15-29-60(58)68(61-30-16-14-28-59(61)67)57-39-37-48(47-36-38-53-51-24-10-9-22-49(51)50-23-11-12-25-52(50)55(53)40-47)41-56(57)65-54(26-17-31-62(65)68)64-42-63(69-66(70-64)46-20-7-4-8-21-46)45-34-32-44(33-35-45)43-18-5-3-6-19-43/h3-42H,1-2H3. The molecule has 70 heavy (non-hydrogen) atoms. The maximum absolute atomic E-state index is 5.52. The molecule has 2 heteroatoms. The summed E-state index contributed by atoms with van der Waals surface area (Å²) in [6.45, 7) is 4.78. The molecule has 0 fully saturated rings. The first-order valence-corrected chi connectivity index (χ1v) is 24.4. The van der Waals surface area contributed by atoms with Gasteiger partial charge in [-0.3, -0.25) is 0 Å². The van der Waals surface area contributed by atoms with Gasteiger partial charge in [0.25, 0.3) is 0 Å². The SMILES string of the molecule is CC1(C)c2ccccc2C2(c3ccc(-c4ccc5c6ccccc6c6ccccc6c5c4)cc3-c3c(-c4cc(-c5ccc(-c6ccccc6)cc5)nc(-c5ccccc5)n4)cccc32)c2ccccc21. The smallest absolute Gasteiger partial charge is 0.160 e. The molecule has 0 amide bonds. The van der Waals surface area contributed by atoms with E-state index in [1.165, 1.54) is 99.1 Å². The number of aromatic nitrogens is 2. The lowest BCUT2D eigenvalue weighted by Gasteiger charge is -2.46. The van der Waals surface area contributed by atoms with E-state index < -0.39 is 5.41 Å². The molecule has 0 N–H and O–H groups in total. The minimum Gasteiger partial charge on any atom is -0.228 e. The molecular weight excluding hydrogens is 845 g/mol. The van der Waals surface area contributed by atoms with Gasteiger partial charge in [0.2, 0.25) is 0 Å². The number of rotatable bonds is 5. The monoisotopic (exact) mass is 890 g/mol. The first-order valence-electron chi connectivity index (χ1n) is 24.4. The molecule has 1 heterocycles. The average Bonchev–Trinajstić information content (AvgIpc) is 3.73. The molecule has 2 aliphatic rings. The van der Waals surface area contributed by atoms with Crippen molar-refractivity contribution in [2.24, 2.45) is 0 Å². The average molecular weight is 891 g/mol. The van der Waals surface area contributed by atoms with Gasteiger partial charge in [-0.1, -0.05) is 238 Å². The largest absolute Gasteiger partial charge is 0.228 e. The predicted molar refractivity (Wildman–Crippen MR) is 291 cm³/mol. The summed E-state index contributed by atoms with van der Waals surface area (Å²) in [5, 5.41) is 7.65. The third-order valence-corrected chi connectivity index (χ3v) is 15.6. The van der Waals surface area contributed by atoms with Gasteiger partial charge in [0.05, 0.1) is 16.8 Å². The molecule has 2 aliphatic carbocycles. The quantitative estimate of drug-likeness (QED) is 0.161. The van der Waals surface area contributed by atoms with Crippen LogP contribution in [0.15, 0.2) is 243 Å². The highest BCUT2D eigenvalue weighted by atomic mass is 14.9. The molecule has 0 bridgehead atoms. The zero-order chi connectivity index (χ0) is 46.6. The maximum Gasteiger partial charge on any atom is 0.160 e. The van der Waals surface area contributed by atoms with Crippen LogP contribution < -0.4 is 0 Å². The van der Waals surface area contributed by atoms with Gasteiger partial charge in [-0.05, 0) is 117 Å². The van der Waals surface area contributed by atoms with Gasteiger partial charge in [-0.15, -0.1) is 0 Å². The summed E-state index contributed by atoms with van der Waals surface area (Å²) in [6.07, 6.45) is 0. The van der Waals surface area contributed by atoms with E-state index >= 15 is 0 Å². The Hall–Kier alpha value is -8.72. The fraction of sp³-hybridized carbons (Fsp3) is 0.0588. The van der Waals surface area contributed by atoms with Crippen molar-refractivity contribution in [2.75, 3.05) is 0 Å². The number of nitrogens with zero attached hydrogens (tertiary/aromatic N) is 2. The van der Waals surface area contributed by atoms with Crippen molar-refractivity contribution in [3.05, 3.63) is 276 Å². The number of hydrogen-bond donors (Lipinski definition) is 0. The van der Waals surface area contributed by atoms with Gasteiger partial charge >= 0.3 is 0 Å². The Balaban J connectivity index is 1.04. The van der Waals surface area contributed by atoms with E-state index in [0.717, 1.165) is 28.1 Å². The predicted octanol–water partition coefficient (Wildman–Crippen LogP) is 17.3. The van der Waals surface area contributed by atoms with Crippen LogP contribution in [-0.2, 0) is 10.8 Å².